The van der Waals surface area contributed by atoms with Crippen molar-refractivity contribution in [1.82, 2.24) is 14.9 Å². The van der Waals surface area contributed by atoms with Crippen LogP contribution in [-0.2, 0) is 19.5 Å². The SMILES string of the molecule is O=c1[nH]c(C2CCCCC2)nc2c1CCN(Cc1ccsc1)C2. The third kappa shape index (κ3) is 3.26. The highest BCUT2D eigenvalue weighted by Gasteiger charge is 2.24. The summed E-state index contributed by atoms with van der Waals surface area (Å²) in [6, 6.07) is 2.18. The minimum absolute atomic E-state index is 0.103. The van der Waals surface area contributed by atoms with Crippen LogP contribution in [0.25, 0.3) is 0 Å². The summed E-state index contributed by atoms with van der Waals surface area (Å²) in [7, 11) is 0. The van der Waals surface area contributed by atoms with E-state index in [2.05, 4.69) is 26.7 Å². The fourth-order valence-electron chi connectivity index (χ4n) is 3.86. The summed E-state index contributed by atoms with van der Waals surface area (Å²) >= 11 is 1.74. The van der Waals surface area contributed by atoms with E-state index in [1.165, 1.54) is 37.7 Å². The Hall–Kier alpha value is -1.46. The van der Waals surface area contributed by atoms with E-state index in [-0.39, 0.29) is 5.56 Å². The van der Waals surface area contributed by atoms with E-state index in [1.54, 1.807) is 11.3 Å². The van der Waals surface area contributed by atoms with Crippen LogP contribution in [0, 0.1) is 0 Å². The Morgan fingerprint density at radius 3 is 2.96 bits per heavy atom. The van der Waals surface area contributed by atoms with Gasteiger partial charge in [0.25, 0.3) is 5.56 Å². The highest BCUT2D eigenvalue weighted by Crippen LogP contribution is 2.30. The fourth-order valence-corrected chi connectivity index (χ4v) is 4.52. The molecule has 0 bridgehead atoms. The molecule has 0 amide bonds. The van der Waals surface area contributed by atoms with Crippen molar-refractivity contribution in [2.75, 3.05) is 6.54 Å². The van der Waals surface area contributed by atoms with Gasteiger partial charge in [0.15, 0.2) is 0 Å². The number of fused-ring (bicyclic) bond motifs is 1. The molecule has 0 unspecified atom stereocenters. The van der Waals surface area contributed by atoms with Crippen LogP contribution in [0.1, 0.15) is 60.7 Å². The first-order valence-corrected chi connectivity index (χ1v) is 9.59. The zero-order valence-corrected chi connectivity index (χ0v) is 14.2. The minimum Gasteiger partial charge on any atom is -0.310 e. The van der Waals surface area contributed by atoms with E-state index in [1.807, 2.05) is 0 Å². The lowest BCUT2D eigenvalue weighted by Gasteiger charge is -2.28. The third-order valence-electron chi connectivity index (χ3n) is 5.15. The van der Waals surface area contributed by atoms with Crippen molar-refractivity contribution in [3.05, 3.63) is 49.8 Å². The van der Waals surface area contributed by atoms with Crippen LogP contribution in [0.4, 0.5) is 0 Å². The van der Waals surface area contributed by atoms with Gasteiger partial charge in [0, 0.05) is 31.1 Å². The first-order chi connectivity index (χ1) is 11.3. The molecule has 0 spiro atoms. The molecule has 2 aliphatic rings. The molecule has 5 heteroatoms. The van der Waals surface area contributed by atoms with Gasteiger partial charge in [-0.15, -0.1) is 0 Å². The molecule has 3 heterocycles. The number of thiophene rings is 1. The lowest BCUT2D eigenvalue weighted by atomic mass is 9.88. The van der Waals surface area contributed by atoms with E-state index in [4.69, 9.17) is 4.98 Å². The molecule has 0 saturated heterocycles. The number of nitrogens with one attached hydrogen (secondary N) is 1. The molecule has 122 valence electrons. The summed E-state index contributed by atoms with van der Waals surface area (Å²) in [6.07, 6.45) is 6.99. The monoisotopic (exact) mass is 329 g/mol. The maximum Gasteiger partial charge on any atom is 0.254 e. The van der Waals surface area contributed by atoms with Gasteiger partial charge in [0.2, 0.25) is 0 Å². The second kappa shape index (κ2) is 6.57. The van der Waals surface area contributed by atoms with Crippen molar-refractivity contribution in [1.29, 1.82) is 0 Å². The Kier molecular flexibility index (Phi) is 4.31. The van der Waals surface area contributed by atoms with Gasteiger partial charge in [-0.05, 0) is 41.7 Å². The topological polar surface area (TPSA) is 49.0 Å². The van der Waals surface area contributed by atoms with E-state index in [0.717, 1.165) is 43.1 Å². The zero-order chi connectivity index (χ0) is 15.6. The average Bonchev–Trinajstić information content (AvgIpc) is 3.08. The number of rotatable bonds is 3. The van der Waals surface area contributed by atoms with Gasteiger partial charge in [-0.1, -0.05) is 19.3 Å². The van der Waals surface area contributed by atoms with Crippen LogP contribution in [0.2, 0.25) is 0 Å². The summed E-state index contributed by atoms with van der Waals surface area (Å²) in [4.78, 5) is 22.8. The molecule has 2 aromatic heterocycles. The van der Waals surface area contributed by atoms with Gasteiger partial charge >= 0.3 is 0 Å². The molecular weight excluding hydrogens is 306 g/mol. The number of H-pyrrole nitrogens is 1. The molecule has 0 aromatic carbocycles. The molecule has 1 N–H and O–H groups in total. The smallest absolute Gasteiger partial charge is 0.254 e. The first kappa shape index (κ1) is 15.1. The maximum absolute atomic E-state index is 12.4. The molecule has 4 nitrogen and oxygen atoms in total. The predicted octanol–water partition coefficient (Wildman–Crippen LogP) is 3.44. The molecule has 1 saturated carbocycles. The molecule has 1 aliphatic heterocycles. The highest BCUT2D eigenvalue weighted by atomic mass is 32.1. The largest absolute Gasteiger partial charge is 0.310 e. The molecule has 1 aliphatic carbocycles. The Labute approximate surface area is 140 Å². The highest BCUT2D eigenvalue weighted by molar-refractivity contribution is 7.07. The second-order valence-electron chi connectivity index (χ2n) is 6.80. The van der Waals surface area contributed by atoms with Gasteiger partial charge in [0.1, 0.15) is 5.82 Å². The maximum atomic E-state index is 12.4. The van der Waals surface area contributed by atoms with E-state index >= 15 is 0 Å². The summed E-state index contributed by atoms with van der Waals surface area (Å²) in [5.41, 5.74) is 3.38. The quantitative estimate of drug-likeness (QED) is 0.938. The standard InChI is InChI=1S/C18H23N3OS/c22-18-15-6-8-21(10-13-7-9-23-12-13)11-16(15)19-17(20-18)14-4-2-1-3-5-14/h7,9,12,14H,1-6,8,10-11H2,(H,19,20,22). The average molecular weight is 329 g/mol. The number of nitrogens with zero attached hydrogens (tertiary/aromatic N) is 2. The van der Waals surface area contributed by atoms with Crippen molar-refractivity contribution in [3.8, 4) is 0 Å². The van der Waals surface area contributed by atoms with Gasteiger partial charge in [-0.25, -0.2) is 4.98 Å². The van der Waals surface area contributed by atoms with Crippen LogP contribution in [0.5, 0.6) is 0 Å². The van der Waals surface area contributed by atoms with Gasteiger partial charge < -0.3 is 4.98 Å². The van der Waals surface area contributed by atoms with Crippen molar-refractivity contribution in [3.63, 3.8) is 0 Å². The summed E-state index contributed by atoms with van der Waals surface area (Å²) in [6.45, 7) is 2.70. The van der Waals surface area contributed by atoms with Crippen LogP contribution >= 0.6 is 11.3 Å². The fraction of sp³-hybridized carbons (Fsp3) is 0.556. The van der Waals surface area contributed by atoms with E-state index < -0.39 is 0 Å². The van der Waals surface area contributed by atoms with Crippen molar-refractivity contribution >= 4 is 11.3 Å². The van der Waals surface area contributed by atoms with Crippen molar-refractivity contribution in [2.45, 2.75) is 57.5 Å². The molecule has 0 radical (unpaired) electrons. The van der Waals surface area contributed by atoms with Crippen LogP contribution in [-0.4, -0.2) is 21.4 Å². The van der Waals surface area contributed by atoms with Crippen LogP contribution in [0.15, 0.2) is 21.6 Å². The Balaban J connectivity index is 1.56. The second-order valence-corrected chi connectivity index (χ2v) is 7.58. The molecule has 1 fully saturated rings. The number of aromatic amines is 1. The van der Waals surface area contributed by atoms with Crippen molar-refractivity contribution < 1.29 is 0 Å². The molecule has 23 heavy (non-hydrogen) atoms. The number of aromatic nitrogens is 2. The van der Waals surface area contributed by atoms with Crippen LogP contribution < -0.4 is 5.56 Å². The number of hydrogen-bond acceptors (Lipinski definition) is 4. The molecule has 4 rings (SSSR count). The lowest BCUT2D eigenvalue weighted by Crippen LogP contribution is -2.35. The van der Waals surface area contributed by atoms with E-state index in [0.29, 0.717) is 5.92 Å². The third-order valence-corrected chi connectivity index (χ3v) is 5.88. The Morgan fingerprint density at radius 1 is 1.30 bits per heavy atom. The molecule has 2 aromatic rings. The Morgan fingerprint density at radius 2 is 2.17 bits per heavy atom. The summed E-state index contributed by atoms with van der Waals surface area (Å²) in [5, 5.41) is 4.32. The van der Waals surface area contributed by atoms with Gasteiger partial charge in [-0.3, -0.25) is 9.69 Å². The predicted molar refractivity (Wildman–Crippen MR) is 92.8 cm³/mol. The number of hydrogen-bond donors (Lipinski definition) is 1. The van der Waals surface area contributed by atoms with Gasteiger partial charge in [-0.2, -0.15) is 11.3 Å². The molecular formula is C18H23N3OS. The normalized spacial score (nSPS) is 19.7. The molecule has 0 atom stereocenters. The van der Waals surface area contributed by atoms with Crippen LogP contribution in [0.3, 0.4) is 0 Å². The summed E-state index contributed by atoms with van der Waals surface area (Å²) in [5.74, 6) is 1.39. The Bertz CT molecular complexity index is 716. The minimum atomic E-state index is 0.103. The summed E-state index contributed by atoms with van der Waals surface area (Å²) < 4.78 is 0. The van der Waals surface area contributed by atoms with Crippen molar-refractivity contribution in [2.24, 2.45) is 0 Å². The first-order valence-electron chi connectivity index (χ1n) is 8.65. The lowest BCUT2D eigenvalue weighted by molar-refractivity contribution is 0.239. The zero-order valence-electron chi connectivity index (χ0n) is 13.4. The van der Waals surface area contributed by atoms with E-state index in [9.17, 15) is 4.79 Å². The van der Waals surface area contributed by atoms with Gasteiger partial charge in [0.05, 0.1) is 5.69 Å².